The molecule has 2 heterocycles. The highest BCUT2D eigenvalue weighted by molar-refractivity contribution is 5.93. The van der Waals surface area contributed by atoms with E-state index in [1.807, 2.05) is 11.9 Å². The average Bonchev–Trinajstić information content (AvgIpc) is 3.01. The van der Waals surface area contributed by atoms with Crippen LogP contribution in [0.5, 0.6) is 0 Å². The van der Waals surface area contributed by atoms with Gasteiger partial charge in [0.15, 0.2) is 0 Å². The summed E-state index contributed by atoms with van der Waals surface area (Å²) in [5.41, 5.74) is 0.599. The normalized spacial score (nSPS) is 22.1. The first-order valence-corrected chi connectivity index (χ1v) is 7.11. The van der Waals surface area contributed by atoms with Gasteiger partial charge in [0, 0.05) is 39.3 Å². The van der Waals surface area contributed by atoms with Crippen molar-refractivity contribution in [1.82, 2.24) is 19.6 Å². The summed E-state index contributed by atoms with van der Waals surface area (Å²) in [7, 11) is 3.60. The Kier molecular flexibility index (Phi) is 3.23. The van der Waals surface area contributed by atoms with Crippen LogP contribution in [0.4, 0.5) is 0 Å². The van der Waals surface area contributed by atoms with Crippen LogP contribution in [0.2, 0.25) is 0 Å². The molecule has 108 valence electrons. The van der Waals surface area contributed by atoms with Gasteiger partial charge < -0.3 is 9.80 Å². The van der Waals surface area contributed by atoms with Gasteiger partial charge in [-0.25, -0.2) is 0 Å². The Morgan fingerprint density at radius 3 is 2.70 bits per heavy atom. The van der Waals surface area contributed by atoms with Gasteiger partial charge in [-0.2, -0.15) is 5.10 Å². The van der Waals surface area contributed by atoms with E-state index >= 15 is 0 Å². The Hall–Kier alpha value is -1.85. The Labute approximate surface area is 118 Å². The number of likely N-dealkylation sites (tertiary alicyclic amines) is 1. The quantitative estimate of drug-likeness (QED) is 0.808. The van der Waals surface area contributed by atoms with Crippen LogP contribution in [0.1, 0.15) is 29.6 Å². The molecule has 6 heteroatoms. The first kappa shape index (κ1) is 13.1. The molecule has 2 amide bonds. The van der Waals surface area contributed by atoms with Crippen molar-refractivity contribution in [1.29, 1.82) is 0 Å². The maximum Gasteiger partial charge on any atom is 0.257 e. The molecule has 0 aromatic carbocycles. The molecular weight excluding hydrogens is 256 g/mol. The molecule has 1 atom stereocenters. The fraction of sp³-hybridized carbons (Fsp3) is 0.643. The summed E-state index contributed by atoms with van der Waals surface area (Å²) in [4.78, 5) is 28.0. The molecule has 2 aliphatic rings. The highest BCUT2D eigenvalue weighted by atomic mass is 16.2. The predicted octanol–water partition coefficient (Wildman–Crippen LogP) is 0.503. The van der Waals surface area contributed by atoms with E-state index in [0.29, 0.717) is 12.1 Å². The molecular formula is C14H20N4O2. The zero-order valence-corrected chi connectivity index (χ0v) is 12.0. The van der Waals surface area contributed by atoms with Gasteiger partial charge in [-0.1, -0.05) is 0 Å². The lowest BCUT2D eigenvalue weighted by atomic mass is 10.2. The predicted molar refractivity (Wildman–Crippen MR) is 73.0 cm³/mol. The van der Waals surface area contributed by atoms with Gasteiger partial charge in [0.1, 0.15) is 0 Å². The van der Waals surface area contributed by atoms with E-state index in [1.54, 1.807) is 29.0 Å². The largest absolute Gasteiger partial charge is 0.340 e. The van der Waals surface area contributed by atoms with Crippen LogP contribution >= 0.6 is 0 Å². The third-order valence-corrected chi connectivity index (χ3v) is 4.22. The Balaban J connectivity index is 1.61. The van der Waals surface area contributed by atoms with Crippen molar-refractivity contribution in [3.8, 4) is 0 Å². The van der Waals surface area contributed by atoms with Gasteiger partial charge in [0.05, 0.1) is 17.8 Å². The SMILES string of the molecule is CN(C(=O)c1cnn(C)c1)C1CCN(C(=O)C2CC2)C1. The fourth-order valence-electron chi connectivity index (χ4n) is 2.75. The van der Waals surface area contributed by atoms with Crippen LogP contribution < -0.4 is 0 Å². The Morgan fingerprint density at radius 1 is 1.35 bits per heavy atom. The molecule has 1 aromatic heterocycles. The van der Waals surface area contributed by atoms with Crippen LogP contribution in [-0.4, -0.2) is 57.6 Å². The molecule has 1 aliphatic heterocycles. The lowest BCUT2D eigenvalue weighted by molar-refractivity contribution is -0.131. The number of nitrogens with zero attached hydrogens (tertiary/aromatic N) is 4. The maximum absolute atomic E-state index is 12.3. The van der Waals surface area contributed by atoms with Gasteiger partial charge in [0.25, 0.3) is 5.91 Å². The monoisotopic (exact) mass is 276 g/mol. The van der Waals surface area contributed by atoms with Gasteiger partial charge in [0.2, 0.25) is 5.91 Å². The molecule has 0 N–H and O–H groups in total. The van der Waals surface area contributed by atoms with Crippen molar-refractivity contribution in [2.45, 2.75) is 25.3 Å². The molecule has 3 rings (SSSR count). The first-order chi connectivity index (χ1) is 9.56. The zero-order valence-electron chi connectivity index (χ0n) is 12.0. The lowest BCUT2D eigenvalue weighted by Crippen LogP contribution is -2.40. The second-order valence-electron chi connectivity index (χ2n) is 5.82. The summed E-state index contributed by atoms with van der Waals surface area (Å²) in [5.74, 6) is 0.506. The van der Waals surface area contributed by atoms with Gasteiger partial charge in [-0.15, -0.1) is 0 Å². The summed E-state index contributed by atoms with van der Waals surface area (Å²) >= 11 is 0. The van der Waals surface area contributed by atoms with E-state index in [2.05, 4.69) is 5.10 Å². The van der Waals surface area contributed by atoms with Crippen LogP contribution in [0.3, 0.4) is 0 Å². The fourth-order valence-corrected chi connectivity index (χ4v) is 2.75. The number of amides is 2. The van der Waals surface area contributed by atoms with Crippen LogP contribution in [0.25, 0.3) is 0 Å². The lowest BCUT2D eigenvalue weighted by Gasteiger charge is -2.24. The van der Waals surface area contributed by atoms with Crippen molar-refractivity contribution >= 4 is 11.8 Å². The molecule has 0 radical (unpaired) electrons. The van der Waals surface area contributed by atoms with Gasteiger partial charge >= 0.3 is 0 Å². The molecule has 1 unspecified atom stereocenters. The second-order valence-corrected chi connectivity index (χ2v) is 5.82. The van der Waals surface area contributed by atoms with E-state index in [9.17, 15) is 9.59 Å². The van der Waals surface area contributed by atoms with Crippen LogP contribution in [-0.2, 0) is 11.8 Å². The molecule has 20 heavy (non-hydrogen) atoms. The minimum absolute atomic E-state index is 0.0242. The second kappa shape index (κ2) is 4.92. The van der Waals surface area contributed by atoms with E-state index in [1.165, 1.54) is 0 Å². The average molecular weight is 276 g/mol. The summed E-state index contributed by atoms with van der Waals surface area (Å²) in [5, 5.41) is 4.03. The molecule has 1 aliphatic carbocycles. The number of hydrogen-bond donors (Lipinski definition) is 0. The number of carbonyl (C=O) groups is 2. The Morgan fingerprint density at radius 2 is 2.10 bits per heavy atom. The molecule has 6 nitrogen and oxygen atoms in total. The Bertz CT molecular complexity index is 535. The minimum atomic E-state index is -0.0242. The number of aromatic nitrogens is 2. The number of rotatable bonds is 3. The minimum Gasteiger partial charge on any atom is -0.340 e. The first-order valence-electron chi connectivity index (χ1n) is 7.11. The molecule has 0 bridgehead atoms. The summed E-state index contributed by atoms with van der Waals surface area (Å²) in [6.45, 7) is 1.43. The number of hydrogen-bond acceptors (Lipinski definition) is 3. The van der Waals surface area contributed by atoms with Crippen molar-refractivity contribution in [3.05, 3.63) is 18.0 Å². The molecule has 1 saturated carbocycles. The third-order valence-electron chi connectivity index (χ3n) is 4.22. The van der Waals surface area contributed by atoms with Crippen molar-refractivity contribution < 1.29 is 9.59 Å². The van der Waals surface area contributed by atoms with Crippen LogP contribution in [0.15, 0.2) is 12.4 Å². The van der Waals surface area contributed by atoms with E-state index < -0.39 is 0 Å². The molecule has 1 saturated heterocycles. The topological polar surface area (TPSA) is 58.4 Å². The summed E-state index contributed by atoms with van der Waals surface area (Å²) in [6, 6.07) is 0.116. The number of aryl methyl sites for hydroxylation is 1. The maximum atomic E-state index is 12.3. The van der Waals surface area contributed by atoms with E-state index in [4.69, 9.17) is 0 Å². The number of carbonyl (C=O) groups excluding carboxylic acids is 2. The summed E-state index contributed by atoms with van der Waals surface area (Å²) < 4.78 is 1.62. The molecule has 2 fully saturated rings. The molecule has 0 spiro atoms. The third kappa shape index (κ3) is 2.42. The highest BCUT2D eigenvalue weighted by Gasteiger charge is 2.38. The van der Waals surface area contributed by atoms with Crippen molar-refractivity contribution in [2.75, 3.05) is 20.1 Å². The number of likely N-dealkylation sites (N-methyl/N-ethyl adjacent to an activating group) is 1. The van der Waals surface area contributed by atoms with Gasteiger partial charge in [-0.3, -0.25) is 14.3 Å². The molecule has 1 aromatic rings. The summed E-state index contributed by atoms with van der Waals surface area (Å²) in [6.07, 6.45) is 6.23. The van der Waals surface area contributed by atoms with Crippen LogP contribution in [0, 0.1) is 5.92 Å². The van der Waals surface area contributed by atoms with Gasteiger partial charge in [-0.05, 0) is 19.3 Å². The standard InChI is InChI=1S/C14H20N4O2/c1-16-8-11(7-15-16)13(19)17(2)12-5-6-18(9-12)14(20)10-3-4-10/h7-8,10,12H,3-6,9H2,1-2H3. The zero-order chi connectivity index (χ0) is 14.3. The van der Waals surface area contributed by atoms with Crippen molar-refractivity contribution in [3.63, 3.8) is 0 Å². The smallest absolute Gasteiger partial charge is 0.257 e. The highest BCUT2D eigenvalue weighted by Crippen LogP contribution is 2.32. The van der Waals surface area contributed by atoms with Crippen molar-refractivity contribution in [2.24, 2.45) is 13.0 Å². The van der Waals surface area contributed by atoms with E-state index in [-0.39, 0.29) is 23.8 Å². The van der Waals surface area contributed by atoms with E-state index in [0.717, 1.165) is 25.8 Å².